The van der Waals surface area contributed by atoms with Crippen molar-refractivity contribution in [2.24, 2.45) is 0 Å². The van der Waals surface area contributed by atoms with Crippen LogP contribution in [0, 0.1) is 6.92 Å². The molecule has 0 saturated carbocycles. The summed E-state index contributed by atoms with van der Waals surface area (Å²) < 4.78 is 0. The molecule has 4 nitrogen and oxygen atoms in total. The Bertz CT molecular complexity index is 739. The van der Waals surface area contributed by atoms with E-state index in [9.17, 15) is 4.79 Å². The summed E-state index contributed by atoms with van der Waals surface area (Å²) in [5.74, 6) is 0.722. The van der Waals surface area contributed by atoms with Gasteiger partial charge in [-0.1, -0.05) is 41.4 Å². The SMILES string of the molecule is Cc1ccc(CN(C)c2ncc(C(=O)N3CCCCC3)cc2Cl)cc1. The average molecular weight is 358 g/mol. The maximum atomic E-state index is 12.6. The number of piperidine rings is 1. The zero-order valence-corrected chi connectivity index (χ0v) is 15.6. The molecule has 132 valence electrons. The van der Waals surface area contributed by atoms with E-state index in [1.807, 2.05) is 16.8 Å². The van der Waals surface area contributed by atoms with Gasteiger partial charge in [-0.25, -0.2) is 4.98 Å². The van der Waals surface area contributed by atoms with Gasteiger partial charge in [-0.2, -0.15) is 0 Å². The van der Waals surface area contributed by atoms with Gasteiger partial charge in [0.25, 0.3) is 5.91 Å². The first-order valence-electron chi connectivity index (χ1n) is 8.76. The fraction of sp³-hybridized carbons (Fsp3) is 0.400. The summed E-state index contributed by atoms with van der Waals surface area (Å²) in [5, 5.41) is 0.512. The fourth-order valence-corrected chi connectivity index (χ4v) is 3.46. The molecule has 0 atom stereocenters. The lowest BCUT2D eigenvalue weighted by Crippen LogP contribution is -2.35. The number of benzene rings is 1. The molecule has 1 aliphatic heterocycles. The number of carbonyl (C=O) groups is 1. The van der Waals surface area contributed by atoms with Crippen LogP contribution in [0.5, 0.6) is 0 Å². The maximum Gasteiger partial charge on any atom is 0.255 e. The van der Waals surface area contributed by atoms with E-state index < -0.39 is 0 Å². The van der Waals surface area contributed by atoms with Crippen LogP contribution in [-0.4, -0.2) is 35.9 Å². The molecule has 2 heterocycles. The van der Waals surface area contributed by atoms with Gasteiger partial charge in [0, 0.05) is 32.9 Å². The van der Waals surface area contributed by atoms with E-state index in [1.54, 1.807) is 12.3 Å². The summed E-state index contributed by atoms with van der Waals surface area (Å²) in [7, 11) is 1.96. The standard InChI is InChI=1S/C20H24ClN3O/c1-15-6-8-16(9-7-15)14-23(2)19-18(21)12-17(13-22-19)20(25)24-10-4-3-5-11-24/h6-9,12-13H,3-5,10-11,14H2,1-2H3. The average Bonchev–Trinajstić information content (AvgIpc) is 2.63. The van der Waals surface area contributed by atoms with Gasteiger partial charge >= 0.3 is 0 Å². The Hall–Kier alpha value is -2.07. The van der Waals surface area contributed by atoms with E-state index in [-0.39, 0.29) is 5.91 Å². The number of amides is 1. The predicted molar refractivity (Wildman–Crippen MR) is 102 cm³/mol. The van der Waals surface area contributed by atoms with E-state index in [0.29, 0.717) is 22.9 Å². The second-order valence-corrected chi connectivity index (χ2v) is 7.13. The topological polar surface area (TPSA) is 36.4 Å². The molecule has 0 unspecified atom stereocenters. The molecule has 5 heteroatoms. The molecule has 1 amide bonds. The van der Waals surface area contributed by atoms with Crippen LogP contribution in [0.2, 0.25) is 5.02 Å². The first kappa shape index (κ1) is 17.7. The highest BCUT2D eigenvalue weighted by atomic mass is 35.5. The number of hydrogen-bond donors (Lipinski definition) is 0. The van der Waals surface area contributed by atoms with E-state index in [1.165, 1.54) is 17.5 Å². The van der Waals surface area contributed by atoms with Crippen molar-refractivity contribution < 1.29 is 4.79 Å². The minimum absolute atomic E-state index is 0.0295. The molecule has 0 spiro atoms. The molecule has 0 aliphatic carbocycles. The van der Waals surface area contributed by atoms with Crippen molar-refractivity contribution in [1.82, 2.24) is 9.88 Å². The van der Waals surface area contributed by atoms with Crippen molar-refractivity contribution in [3.8, 4) is 0 Å². The van der Waals surface area contributed by atoms with Gasteiger partial charge < -0.3 is 9.80 Å². The van der Waals surface area contributed by atoms with Gasteiger partial charge in [-0.05, 0) is 37.8 Å². The molecule has 0 bridgehead atoms. The second kappa shape index (κ2) is 7.87. The minimum atomic E-state index is 0.0295. The van der Waals surface area contributed by atoms with E-state index >= 15 is 0 Å². The Morgan fingerprint density at radius 1 is 1.20 bits per heavy atom. The van der Waals surface area contributed by atoms with Crippen molar-refractivity contribution in [3.63, 3.8) is 0 Å². The van der Waals surface area contributed by atoms with Crippen LogP contribution in [0.15, 0.2) is 36.5 Å². The number of aryl methyl sites for hydroxylation is 1. The zero-order valence-electron chi connectivity index (χ0n) is 14.8. The number of likely N-dealkylation sites (tertiary alicyclic amines) is 1. The largest absolute Gasteiger partial charge is 0.354 e. The molecular weight excluding hydrogens is 334 g/mol. The first-order chi connectivity index (χ1) is 12.0. The van der Waals surface area contributed by atoms with E-state index in [0.717, 1.165) is 25.9 Å². The van der Waals surface area contributed by atoms with Crippen molar-refractivity contribution in [2.45, 2.75) is 32.7 Å². The molecule has 1 fully saturated rings. The number of halogens is 1. The van der Waals surface area contributed by atoms with Crippen molar-refractivity contribution in [1.29, 1.82) is 0 Å². The highest BCUT2D eigenvalue weighted by Crippen LogP contribution is 2.25. The molecule has 3 rings (SSSR count). The molecule has 1 aliphatic rings. The van der Waals surface area contributed by atoms with Gasteiger partial charge in [0.2, 0.25) is 0 Å². The molecule has 2 aromatic rings. The zero-order chi connectivity index (χ0) is 17.8. The number of aromatic nitrogens is 1. The predicted octanol–water partition coefficient (Wildman–Crippen LogP) is 4.31. The van der Waals surface area contributed by atoms with Gasteiger partial charge in [-0.15, -0.1) is 0 Å². The molecule has 0 radical (unpaired) electrons. The van der Waals surface area contributed by atoms with Crippen LogP contribution >= 0.6 is 11.6 Å². The molecular formula is C20H24ClN3O. The Balaban J connectivity index is 1.72. The lowest BCUT2D eigenvalue weighted by Gasteiger charge is -2.27. The second-order valence-electron chi connectivity index (χ2n) is 6.72. The highest BCUT2D eigenvalue weighted by molar-refractivity contribution is 6.33. The van der Waals surface area contributed by atoms with Gasteiger partial charge in [0.05, 0.1) is 10.6 Å². The number of carbonyl (C=O) groups excluding carboxylic acids is 1. The van der Waals surface area contributed by atoms with Gasteiger partial charge in [0.15, 0.2) is 0 Å². The number of rotatable bonds is 4. The molecule has 0 N–H and O–H groups in total. The van der Waals surface area contributed by atoms with E-state index in [4.69, 9.17) is 11.6 Å². The minimum Gasteiger partial charge on any atom is -0.354 e. The third-order valence-electron chi connectivity index (χ3n) is 4.61. The summed E-state index contributed by atoms with van der Waals surface area (Å²) in [4.78, 5) is 20.9. The monoisotopic (exact) mass is 357 g/mol. The van der Waals surface area contributed by atoms with Gasteiger partial charge in [-0.3, -0.25) is 4.79 Å². The van der Waals surface area contributed by atoms with Crippen LogP contribution in [0.3, 0.4) is 0 Å². The van der Waals surface area contributed by atoms with Gasteiger partial charge in [0.1, 0.15) is 5.82 Å². The van der Waals surface area contributed by atoms with Crippen LogP contribution in [0.25, 0.3) is 0 Å². The third kappa shape index (κ3) is 4.31. The summed E-state index contributed by atoms with van der Waals surface area (Å²) in [6, 6.07) is 10.1. The quantitative estimate of drug-likeness (QED) is 0.818. The number of pyridine rings is 1. The van der Waals surface area contributed by atoms with Crippen LogP contribution in [-0.2, 0) is 6.54 Å². The normalized spacial score (nSPS) is 14.4. The Kier molecular flexibility index (Phi) is 5.59. The summed E-state index contributed by atoms with van der Waals surface area (Å²) in [6.07, 6.45) is 4.99. The highest BCUT2D eigenvalue weighted by Gasteiger charge is 2.20. The maximum absolute atomic E-state index is 12.6. The molecule has 1 saturated heterocycles. The Morgan fingerprint density at radius 3 is 2.52 bits per heavy atom. The molecule has 25 heavy (non-hydrogen) atoms. The van der Waals surface area contributed by atoms with Crippen LogP contribution in [0.4, 0.5) is 5.82 Å². The Labute approximate surface area is 154 Å². The van der Waals surface area contributed by atoms with Crippen LogP contribution < -0.4 is 4.90 Å². The lowest BCUT2D eigenvalue weighted by molar-refractivity contribution is 0.0724. The summed E-state index contributed by atoms with van der Waals surface area (Å²) in [6.45, 7) is 4.44. The molecule has 1 aromatic carbocycles. The number of nitrogens with zero attached hydrogens (tertiary/aromatic N) is 3. The number of hydrogen-bond acceptors (Lipinski definition) is 3. The Morgan fingerprint density at radius 2 is 1.88 bits per heavy atom. The summed E-state index contributed by atoms with van der Waals surface area (Å²) >= 11 is 6.42. The van der Waals surface area contributed by atoms with Crippen molar-refractivity contribution in [2.75, 3.05) is 25.0 Å². The van der Waals surface area contributed by atoms with Crippen molar-refractivity contribution in [3.05, 3.63) is 58.2 Å². The summed E-state index contributed by atoms with van der Waals surface area (Å²) in [5.41, 5.74) is 3.00. The van der Waals surface area contributed by atoms with Crippen molar-refractivity contribution >= 4 is 23.3 Å². The third-order valence-corrected chi connectivity index (χ3v) is 4.89. The fourth-order valence-electron chi connectivity index (χ4n) is 3.15. The smallest absolute Gasteiger partial charge is 0.255 e. The lowest BCUT2D eigenvalue weighted by atomic mass is 10.1. The van der Waals surface area contributed by atoms with Crippen LogP contribution in [0.1, 0.15) is 40.7 Å². The first-order valence-corrected chi connectivity index (χ1v) is 9.14. The number of anilines is 1. The molecule has 1 aromatic heterocycles. The van der Waals surface area contributed by atoms with E-state index in [2.05, 4.69) is 36.2 Å².